The Morgan fingerprint density at radius 3 is 3.00 bits per heavy atom. The van der Waals surface area contributed by atoms with E-state index in [1.54, 1.807) is 17.8 Å². The second kappa shape index (κ2) is 5.43. The van der Waals surface area contributed by atoms with Gasteiger partial charge in [-0.15, -0.1) is 11.8 Å². The van der Waals surface area contributed by atoms with E-state index in [2.05, 4.69) is 21.2 Å². The van der Waals surface area contributed by atoms with E-state index in [-0.39, 0.29) is 11.2 Å². The molecule has 5 heteroatoms. The third-order valence-electron chi connectivity index (χ3n) is 2.41. The summed E-state index contributed by atoms with van der Waals surface area (Å²) >= 11 is 11.0. The summed E-state index contributed by atoms with van der Waals surface area (Å²) in [6.45, 7) is 0. The van der Waals surface area contributed by atoms with E-state index in [9.17, 15) is 4.79 Å². The number of carbonyl (C=O) groups is 1. The molecule has 0 spiro atoms. The van der Waals surface area contributed by atoms with Crippen LogP contribution in [0.4, 0.5) is 5.69 Å². The molecule has 2 rings (SSSR count). The van der Waals surface area contributed by atoms with E-state index >= 15 is 0 Å². The van der Waals surface area contributed by atoms with Gasteiger partial charge >= 0.3 is 0 Å². The highest BCUT2D eigenvalue weighted by molar-refractivity contribution is 9.10. The van der Waals surface area contributed by atoms with Gasteiger partial charge in [0.25, 0.3) is 0 Å². The van der Waals surface area contributed by atoms with Crippen molar-refractivity contribution < 1.29 is 4.79 Å². The highest BCUT2D eigenvalue weighted by atomic mass is 79.9. The van der Waals surface area contributed by atoms with Crippen molar-refractivity contribution in [2.45, 2.75) is 18.1 Å². The maximum absolute atomic E-state index is 11.8. The Labute approximate surface area is 112 Å². The molecule has 0 radical (unpaired) electrons. The topological polar surface area (TPSA) is 29.1 Å². The fourth-order valence-corrected chi connectivity index (χ4v) is 3.17. The highest BCUT2D eigenvalue weighted by Crippen LogP contribution is 2.29. The van der Waals surface area contributed by atoms with Gasteiger partial charge in [0.2, 0.25) is 5.91 Å². The number of halogens is 2. The van der Waals surface area contributed by atoms with Crippen LogP contribution in [0.5, 0.6) is 0 Å². The fourth-order valence-electron chi connectivity index (χ4n) is 1.58. The van der Waals surface area contributed by atoms with E-state index in [1.807, 2.05) is 12.1 Å². The van der Waals surface area contributed by atoms with Crippen LogP contribution in [-0.2, 0) is 4.79 Å². The maximum atomic E-state index is 11.8. The van der Waals surface area contributed by atoms with Gasteiger partial charge in [0.05, 0.1) is 10.3 Å². The van der Waals surface area contributed by atoms with Gasteiger partial charge in [0.1, 0.15) is 0 Å². The van der Waals surface area contributed by atoms with Gasteiger partial charge in [-0.25, -0.2) is 0 Å². The summed E-state index contributed by atoms with van der Waals surface area (Å²) < 4.78 is 0.836. The lowest BCUT2D eigenvalue weighted by Crippen LogP contribution is -2.22. The van der Waals surface area contributed by atoms with Crippen LogP contribution in [0.3, 0.4) is 0 Å². The minimum atomic E-state index is 0.0842. The molecule has 1 aromatic carbocycles. The first-order valence-electron chi connectivity index (χ1n) is 5.04. The van der Waals surface area contributed by atoms with Crippen LogP contribution in [-0.4, -0.2) is 16.9 Å². The van der Waals surface area contributed by atoms with E-state index in [0.717, 1.165) is 28.8 Å². The molecular weight excluding hydrogens is 310 g/mol. The first kappa shape index (κ1) is 12.3. The van der Waals surface area contributed by atoms with Crippen LogP contribution in [0.1, 0.15) is 12.8 Å². The largest absolute Gasteiger partial charge is 0.325 e. The molecule has 1 saturated heterocycles. The number of carbonyl (C=O) groups excluding carboxylic acids is 1. The smallest absolute Gasteiger partial charge is 0.237 e. The van der Waals surface area contributed by atoms with Crippen LogP contribution >= 0.6 is 39.3 Å². The van der Waals surface area contributed by atoms with Gasteiger partial charge in [-0.2, -0.15) is 0 Å². The van der Waals surface area contributed by atoms with Crippen LogP contribution in [0.25, 0.3) is 0 Å². The maximum Gasteiger partial charge on any atom is 0.237 e. The lowest BCUT2D eigenvalue weighted by atomic mass is 10.2. The van der Waals surface area contributed by atoms with Crippen molar-refractivity contribution in [1.82, 2.24) is 0 Å². The molecule has 1 atom stereocenters. The molecule has 1 unspecified atom stereocenters. The highest BCUT2D eigenvalue weighted by Gasteiger charge is 2.23. The summed E-state index contributed by atoms with van der Waals surface area (Å²) in [6, 6.07) is 5.43. The first-order valence-corrected chi connectivity index (χ1v) is 7.26. The van der Waals surface area contributed by atoms with Crippen molar-refractivity contribution in [2.24, 2.45) is 0 Å². The molecule has 1 N–H and O–H groups in total. The summed E-state index contributed by atoms with van der Waals surface area (Å²) in [5.74, 6) is 1.17. The molecule has 86 valence electrons. The Morgan fingerprint density at radius 1 is 1.56 bits per heavy atom. The molecule has 0 aliphatic carbocycles. The monoisotopic (exact) mass is 319 g/mol. The zero-order chi connectivity index (χ0) is 11.5. The Balaban J connectivity index is 2.02. The average molecular weight is 321 g/mol. The van der Waals surface area contributed by atoms with Gasteiger partial charge < -0.3 is 5.32 Å². The molecule has 16 heavy (non-hydrogen) atoms. The Hall–Kier alpha value is -0.190. The third-order valence-corrected chi connectivity index (χ3v) is 5.02. The van der Waals surface area contributed by atoms with E-state index in [4.69, 9.17) is 11.6 Å². The summed E-state index contributed by atoms with van der Waals surface area (Å²) in [7, 11) is 0. The normalized spacial score (nSPS) is 19.8. The molecule has 0 bridgehead atoms. The number of nitrogens with one attached hydrogen (secondary N) is 1. The number of thioether (sulfide) groups is 1. The van der Waals surface area contributed by atoms with Crippen molar-refractivity contribution in [3.8, 4) is 0 Å². The second-order valence-corrected chi connectivity index (χ2v) is 6.19. The second-order valence-electron chi connectivity index (χ2n) is 3.62. The molecule has 1 fully saturated rings. The number of hydrogen-bond acceptors (Lipinski definition) is 2. The van der Waals surface area contributed by atoms with E-state index in [0.29, 0.717) is 5.02 Å². The molecule has 1 amide bonds. The Bertz CT molecular complexity index is 407. The summed E-state index contributed by atoms with van der Waals surface area (Å²) in [6.07, 6.45) is 2.10. The van der Waals surface area contributed by atoms with Crippen molar-refractivity contribution >= 4 is 50.9 Å². The summed E-state index contributed by atoms with van der Waals surface area (Å²) in [5.41, 5.74) is 0.755. The average Bonchev–Trinajstić information content (AvgIpc) is 2.77. The minimum absolute atomic E-state index is 0.0842. The third kappa shape index (κ3) is 2.93. The van der Waals surface area contributed by atoms with Crippen molar-refractivity contribution in [3.63, 3.8) is 0 Å². The van der Waals surface area contributed by atoms with Crippen LogP contribution in [0, 0.1) is 0 Å². The number of hydrogen-bond donors (Lipinski definition) is 1. The SMILES string of the molecule is O=C(Nc1ccc(Br)c(Cl)c1)C1CCCS1. The van der Waals surface area contributed by atoms with Crippen molar-refractivity contribution in [1.29, 1.82) is 0 Å². The summed E-state index contributed by atoms with van der Waals surface area (Å²) in [4.78, 5) is 11.8. The Kier molecular flexibility index (Phi) is 4.16. The number of benzene rings is 1. The Morgan fingerprint density at radius 2 is 2.38 bits per heavy atom. The fraction of sp³-hybridized carbons (Fsp3) is 0.364. The molecule has 1 heterocycles. The van der Waals surface area contributed by atoms with Gasteiger partial charge in [0, 0.05) is 10.2 Å². The lowest BCUT2D eigenvalue weighted by molar-refractivity contribution is -0.115. The predicted molar refractivity (Wildman–Crippen MR) is 73.3 cm³/mol. The number of anilines is 1. The zero-order valence-corrected chi connectivity index (χ0v) is 11.7. The molecule has 0 aromatic heterocycles. The molecule has 0 saturated carbocycles. The van der Waals surface area contributed by atoms with Crippen molar-refractivity contribution in [3.05, 3.63) is 27.7 Å². The molecule has 2 nitrogen and oxygen atoms in total. The van der Waals surface area contributed by atoms with Crippen LogP contribution < -0.4 is 5.32 Å². The van der Waals surface area contributed by atoms with Gasteiger partial charge in [-0.1, -0.05) is 11.6 Å². The molecular formula is C11H11BrClNOS. The molecule has 1 aliphatic rings. The van der Waals surface area contributed by atoms with Gasteiger partial charge in [-0.3, -0.25) is 4.79 Å². The standard InChI is InChI=1S/C11H11BrClNOS/c12-8-4-3-7(6-9(8)13)14-11(15)10-2-1-5-16-10/h3-4,6,10H,1-2,5H2,(H,14,15). The molecule has 1 aliphatic heterocycles. The van der Waals surface area contributed by atoms with Gasteiger partial charge in [0.15, 0.2) is 0 Å². The first-order chi connectivity index (χ1) is 7.66. The quantitative estimate of drug-likeness (QED) is 0.894. The number of amides is 1. The van der Waals surface area contributed by atoms with E-state index < -0.39 is 0 Å². The van der Waals surface area contributed by atoms with Gasteiger partial charge in [-0.05, 0) is 52.7 Å². The number of rotatable bonds is 2. The van der Waals surface area contributed by atoms with Crippen molar-refractivity contribution in [2.75, 3.05) is 11.1 Å². The molecule has 1 aromatic rings. The van der Waals surface area contributed by atoms with Crippen LogP contribution in [0.2, 0.25) is 5.02 Å². The van der Waals surface area contributed by atoms with E-state index in [1.165, 1.54) is 0 Å². The lowest BCUT2D eigenvalue weighted by Gasteiger charge is -2.10. The predicted octanol–water partition coefficient (Wildman–Crippen LogP) is 3.94. The van der Waals surface area contributed by atoms with Crippen LogP contribution in [0.15, 0.2) is 22.7 Å². The zero-order valence-electron chi connectivity index (χ0n) is 8.50. The summed E-state index contributed by atoms with van der Waals surface area (Å²) in [5, 5.41) is 3.59. The minimum Gasteiger partial charge on any atom is -0.325 e.